The van der Waals surface area contributed by atoms with E-state index >= 15 is 0 Å². The van der Waals surface area contributed by atoms with Crippen LogP contribution in [0.4, 0.5) is 5.69 Å². The van der Waals surface area contributed by atoms with Crippen molar-refractivity contribution < 1.29 is 0 Å². The molecule has 3 unspecified atom stereocenters. The fourth-order valence-electron chi connectivity index (χ4n) is 4.69. The van der Waals surface area contributed by atoms with Crippen LogP contribution in [0.25, 0.3) is 0 Å². The van der Waals surface area contributed by atoms with E-state index in [4.69, 9.17) is 0 Å². The predicted octanol–water partition coefficient (Wildman–Crippen LogP) is 2.44. The average molecular weight is 285 g/mol. The van der Waals surface area contributed by atoms with Gasteiger partial charge in [-0.25, -0.2) is 0 Å². The van der Waals surface area contributed by atoms with E-state index in [0.29, 0.717) is 6.04 Å². The highest BCUT2D eigenvalue weighted by Gasteiger charge is 2.35. The molecule has 0 aromatic heterocycles. The van der Waals surface area contributed by atoms with E-state index in [1.165, 1.54) is 63.1 Å². The summed E-state index contributed by atoms with van der Waals surface area (Å²) >= 11 is 0. The quantitative estimate of drug-likeness (QED) is 0.900. The Bertz CT molecular complexity index is 476. The van der Waals surface area contributed by atoms with Gasteiger partial charge in [0.2, 0.25) is 0 Å². The van der Waals surface area contributed by atoms with Crippen molar-refractivity contribution in [1.82, 2.24) is 9.80 Å². The van der Waals surface area contributed by atoms with Crippen molar-refractivity contribution in [2.45, 2.75) is 37.8 Å². The summed E-state index contributed by atoms with van der Waals surface area (Å²) in [6, 6.07) is 10.2. The molecular formula is C18H27N3. The zero-order valence-corrected chi connectivity index (χ0v) is 13.1. The first kappa shape index (κ1) is 13.6. The van der Waals surface area contributed by atoms with Gasteiger partial charge >= 0.3 is 0 Å². The van der Waals surface area contributed by atoms with E-state index in [9.17, 15) is 0 Å². The maximum Gasteiger partial charge on any atom is 0.0429 e. The molecule has 1 aromatic rings. The number of hydrogen-bond donors (Lipinski definition) is 1. The minimum Gasteiger partial charge on any atom is -0.380 e. The number of rotatable bonds is 2. The Morgan fingerprint density at radius 3 is 3.00 bits per heavy atom. The highest BCUT2D eigenvalue weighted by Crippen LogP contribution is 2.31. The molecule has 0 bridgehead atoms. The van der Waals surface area contributed by atoms with Crippen molar-refractivity contribution in [3.8, 4) is 0 Å². The van der Waals surface area contributed by atoms with Crippen LogP contribution in [0.5, 0.6) is 0 Å². The lowest BCUT2D eigenvalue weighted by Gasteiger charge is -2.46. The maximum atomic E-state index is 3.71. The molecule has 3 heterocycles. The summed E-state index contributed by atoms with van der Waals surface area (Å²) in [5.41, 5.74) is 2.85. The largest absolute Gasteiger partial charge is 0.380 e. The second kappa shape index (κ2) is 5.62. The zero-order valence-electron chi connectivity index (χ0n) is 13.1. The lowest BCUT2D eigenvalue weighted by molar-refractivity contribution is 0.0374. The van der Waals surface area contributed by atoms with Crippen LogP contribution in [0.3, 0.4) is 0 Å². The molecule has 114 valence electrons. The van der Waals surface area contributed by atoms with Gasteiger partial charge in [0.1, 0.15) is 0 Å². The molecule has 0 amide bonds. The minimum absolute atomic E-state index is 0.611. The van der Waals surface area contributed by atoms with E-state index in [1.54, 1.807) is 0 Å². The summed E-state index contributed by atoms with van der Waals surface area (Å²) < 4.78 is 0. The Morgan fingerprint density at radius 1 is 1.19 bits per heavy atom. The standard InChI is InChI=1S/C18H27N3/c1-20-9-4-6-15-12-21(10-8-18(15)20)13-16-11-14-5-2-3-7-17(14)19-16/h2-3,5,7,15-16,18-19H,4,6,8-13H2,1H3. The highest BCUT2D eigenvalue weighted by atomic mass is 15.2. The predicted molar refractivity (Wildman–Crippen MR) is 87.8 cm³/mol. The summed E-state index contributed by atoms with van der Waals surface area (Å²) in [5.74, 6) is 0.904. The van der Waals surface area contributed by atoms with Gasteiger partial charge in [0, 0.05) is 30.9 Å². The Kier molecular flexibility index (Phi) is 3.64. The third-order valence-electron chi connectivity index (χ3n) is 5.75. The number of fused-ring (bicyclic) bond motifs is 2. The monoisotopic (exact) mass is 285 g/mol. The van der Waals surface area contributed by atoms with Gasteiger partial charge in [-0.3, -0.25) is 0 Å². The molecule has 1 aromatic carbocycles. The Morgan fingerprint density at radius 2 is 2.10 bits per heavy atom. The molecule has 3 aliphatic rings. The van der Waals surface area contributed by atoms with Gasteiger partial charge in [0.25, 0.3) is 0 Å². The first-order valence-corrected chi connectivity index (χ1v) is 8.56. The van der Waals surface area contributed by atoms with Crippen LogP contribution in [0.2, 0.25) is 0 Å². The SMILES string of the molecule is CN1CCCC2CN(CC3Cc4ccccc4N3)CCC21. The number of nitrogens with one attached hydrogen (secondary N) is 1. The van der Waals surface area contributed by atoms with Gasteiger partial charge in [-0.2, -0.15) is 0 Å². The van der Waals surface area contributed by atoms with Crippen LogP contribution in [-0.4, -0.2) is 55.1 Å². The Balaban J connectivity index is 1.35. The van der Waals surface area contributed by atoms with E-state index in [-0.39, 0.29) is 0 Å². The van der Waals surface area contributed by atoms with Crippen LogP contribution in [0.1, 0.15) is 24.8 Å². The number of benzene rings is 1. The summed E-state index contributed by atoms with van der Waals surface area (Å²) in [4.78, 5) is 5.32. The topological polar surface area (TPSA) is 18.5 Å². The summed E-state index contributed by atoms with van der Waals surface area (Å²) in [5, 5.41) is 3.71. The molecule has 3 heteroatoms. The normalized spacial score (nSPS) is 33.3. The third kappa shape index (κ3) is 2.69. The van der Waals surface area contributed by atoms with Crippen LogP contribution >= 0.6 is 0 Å². The van der Waals surface area contributed by atoms with Gasteiger partial charge in [-0.05, 0) is 63.4 Å². The summed E-state index contributed by atoms with van der Waals surface area (Å²) in [6.45, 7) is 5.10. The van der Waals surface area contributed by atoms with Crippen LogP contribution in [0, 0.1) is 5.92 Å². The number of likely N-dealkylation sites (tertiary alicyclic amines) is 2. The maximum absolute atomic E-state index is 3.71. The molecule has 2 fully saturated rings. The van der Waals surface area contributed by atoms with E-state index in [2.05, 4.69) is 46.4 Å². The molecule has 0 radical (unpaired) electrons. The van der Waals surface area contributed by atoms with Crippen molar-refractivity contribution in [2.24, 2.45) is 5.92 Å². The van der Waals surface area contributed by atoms with E-state index in [1.807, 2.05) is 0 Å². The highest BCUT2D eigenvalue weighted by molar-refractivity contribution is 5.56. The zero-order chi connectivity index (χ0) is 14.2. The lowest BCUT2D eigenvalue weighted by Crippen LogP contribution is -2.54. The van der Waals surface area contributed by atoms with Crippen molar-refractivity contribution >= 4 is 5.69 Å². The smallest absolute Gasteiger partial charge is 0.0429 e. The molecule has 1 N–H and O–H groups in total. The number of para-hydroxylation sites is 1. The molecule has 2 saturated heterocycles. The lowest BCUT2D eigenvalue weighted by atomic mass is 9.84. The van der Waals surface area contributed by atoms with Gasteiger partial charge in [0.15, 0.2) is 0 Å². The minimum atomic E-state index is 0.611. The van der Waals surface area contributed by atoms with Gasteiger partial charge < -0.3 is 15.1 Å². The van der Waals surface area contributed by atoms with Crippen molar-refractivity contribution in [3.05, 3.63) is 29.8 Å². The second-order valence-electron chi connectivity index (χ2n) is 7.20. The Hall–Kier alpha value is -1.06. The van der Waals surface area contributed by atoms with Gasteiger partial charge in [-0.15, -0.1) is 0 Å². The molecule has 3 aliphatic heterocycles. The van der Waals surface area contributed by atoms with Crippen LogP contribution < -0.4 is 5.32 Å². The molecule has 4 rings (SSSR count). The Labute approximate surface area is 128 Å². The fourth-order valence-corrected chi connectivity index (χ4v) is 4.69. The molecule has 3 nitrogen and oxygen atoms in total. The van der Waals surface area contributed by atoms with Crippen molar-refractivity contribution in [3.63, 3.8) is 0 Å². The fraction of sp³-hybridized carbons (Fsp3) is 0.667. The average Bonchev–Trinajstić information content (AvgIpc) is 2.89. The van der Waals surface area contributed by atoms with Crippen molar-refractivity contribution in [1.29, 1.82) is 0 Å². The van der Waals surface area contributed by atoms with E-state index in [0.717, 1.165) is 12.0 Å². The number of hydrogen-bond acceptors (Lipinski definition) is 3. The molecule has 0 aliphatic carbocycles. The molecule has 0 spiro atoms. The van der Waals surface area contributed by atoms with Gasteiger partial charge in [-0.1, -0.05) is 18.2 Å². The first-order valence-electron chi connectivity index (χ1n) is 8.56. The molecule has 21 heavy (non-hydrogen) atoms. The van der Waals surface area contributed by atoms with Crippen LogP contribution in [0.15, 0.2) is 24.3 Å². The van der Waals surface area contributed by atoms with Crippen molar-refractivity contribution in [2.75, 3.05) is 38.5 Å². The van der Waals surface area contributed by atoms with E-state index < -0.39 is 0 Å². The number of nitrogens with zero attached hydrogens (tertiary/aromatic N) is 2. The van der Waals surface area contributed by atoms with Crippen LogP contribution in [-0.2, 0) is 6.42 Å². The summed E-state index contributed by atoms with van der Waals surface area (Å²) in [7, 11) is 2.32. The number of anilines is 1. The third-order valence-corrected chi connectivity index (χ3v) is 5.75. The summed E-state index contributed by atoms with van der Waals surface area (Å²) in [6.07, 6.45) is 5.38. The second-order valence-corrected chi connectivity index (χ2v) is 7.20. The molecule has 0 saturated carbocycles. The molecular weight excluding hydrogens is 258 g/mol. The first-order chi connectivity index (χ1) is 10.3. The molecule has 3 atom stereocenters. The van der Waals surface area contributed by atoms with Gasteiger partial charge in [0.05, 0.1) is 0 Å². The number of piperidine rings is 2.